The predicted molar refractivity (Wildman–Crippen MR) is 113 cm³/mol. The molecule has 2 aromatic carbocycles. The zero-order valence-electron chi connectivity index (χ0n) is 17.2. The maximum absolute atomic E-state index is 12.3. The van der Waals surface area contributed by atoms with Crippen molar-refractivity contribution in [2.75, 3.05) is 18.5 Å². The van der Waals surface area contributed by atoms with E-state index in [4.69, 9.17) is 4.74 Å². The number of rotatable bonds is 8. The molecule has 0 bridgehead atoms. The van der Waals surface area contributed by atoms with Crippen molar-refractivity contribution < 1.29 is 14.3 Å². The van der Waals surface area contributed by atoms with E-state index in [0.717, 1.165) is 18.4 Å². The van der Waals surface area contributed by atoms with Crippen LogP contribution in [-0.2, 0) is 10.2 Å². The van der Waals surface area contributed by atoms with Crippen LogP contribution in [0.3, 0.4) is 0 Å². The second-order valence-electron chi connectivity index (χ2n) is 7.77. The van der Waals surface area contributed by atoms with E-state index in [0.29, 0.717) is 23.5 Å². The van der Waals surface area contributed by atoms with Gasteiger partial charge in [-0.25, -0.2) is 0 Å². The molecule has 0 fully saturated rings. The number of para-hydroxylation sites is 1. The van der Waals surface area contributed by atoms with Crippen LogP contribution in [0.5, 0.6) is 5.75 Å². The van der Waals surface area contributed by atoms with Gasteiger partial charge < -0.3 is 15.4 Å². The lowest BCUT2D eigenvalue weighted by atomic mass is 9.86. The van der Waals surface area contributed by atoms with Crippen molar-refractivity contribution in [2.45, 2.75) is 46.0 Å². The molecule has 150 valence electrons. The lowest BCUT2D eigenvalue weighted by molar-refractivity contribution is -0.118. The number of carbonyl (C=O) groups excluding carboxylic acids is 2. The molecule has 0 aliphatic rings. The van der Waals surface area contributed by atoms with Gasteiger partial charge in [0.15, 0.2) is 6.61 Å². The minimum absolute atomic E-state index is 0.0768. The van der Waals surface area contributed by atoms with Gasteiger partial charge in [-0.15, -0.1) is 0 Å². The van der Waals surface area contributed by atoms with E-state index in [-0.39, 0.29) is 23.8 Å². The summed E-state index contributed by atoms with van der Waals surface area (Å²) in [6, 6.07) is 14.6. The highest BCUT2D eigenvalue weighted by Gasteiger charge is 2.19. The van der Waals surface area contributed by atoms with Crippen LogP contribution >= 0.6 is 0 Å². The van der Waals surface area contributed by atoms with Crippen LogP contribution in [0.4, 0.5) is 5.69 Å². The molecule has 0 aromatic heterocycles. The summed E-state index contributed by atoms with van der Waals surface area (Å²) in [6.07, 6.45) is 1.96. The number of anilines is 1. The second kappa shape index (κ2) is 9.93. The molecule has 5 nitrogen and oxygen atoms in total. The number of hydrogen-bond donors (Lipinski definition) is 2. The third-order valence-electron chi connectivity index (χ3n) is 4.28. The predicted octanol–water partition coefficient (Wildman–Crippen LogP) is 4.53. The first-order chi connectivity index (χ1) is 13.3. The van der Waals surface area contributed by atoms with Crippen molar-refractivity contribution in [1.82, 2.24) is 5.32 Å². The van der Waals surface area contributed by atoms with E-state index in [2.05, 4.69) is 38.3 Å². The van der Waals surface area contributed by atoms with Crippen LogP contribution < -0.4 is 15.4 Å². The Morgan fingerprint density at radius 2 is 1.79 bits per heavy atom. The van der Waals surface area contributed by atoms with Crippen molar-refractivity contribution in [2.24, 2.45) is 0 Å². The summed E-state index contributed by atoms with van der Waals surface area (Å²) in [5, 5.41) is 5.66. The summed E-state index contributed by atoms with van der Waals surface area (Å²) in [5.41, 5.74) is 2.06. The van der Waals surface area contributed by atoms with E-state index in [1.54, 1.807) is 24.3 Å². The number of benzene rings is 2. The first kappa shape index (κ1) is 21.5. The Morgan fingerprint density at radius 3 is 2.50 bits per heavy atom. The molecule has 0 aliphatic heterocycles. The fraction of sp³-hybridized carbons (Fsp3) is 0.391. The van der Waals surface area contributed by atoms with Crippen molar-refractivity contribution in [3.63, 3.8) is 0 Å². The molecule has 0 aliphatic carbocycles. The van der Waals surface area contributed by atoms with Gasteiger partial charge in [-0.05, 0) is 41.7 Å². The zero-order chi connectivity index (χ0) is 20.6. The van der Waals surface area contributed by atoms with Gasteiger partial charge in [0.1, 0.15) is 5.75 Å². The van der Waals surface area contributed by atoms with Crippen molar-refractivity contribution >= 4 is 17.5 Å². The van der Waals surface area contributed by atoms with Gasteiger partial charge in [-0.2, -0.15) is 0 Å². The molecule has 0 unspecified atom stereocenters. The minimum Gasteiger partial charge on any atom is -0.483 e. The fourth-order valence-corrected chi connectivity index (χ4v) is 2.77. The van der Waals surface area contributed by atoms with E-state index in [1.165, 1.54) is 0 Å². The molecule has 2 aromatic rings. The number of ether oxygens (including phenoxy) is 1. The fourth-order valence-electron chi connectivity index (χ4n) is 2.77. The van der Waals surface area contributed by atoms with E-state index >= 15 is 0 Å². The number of nitrogens with one attached hydrogen (secondary N) is 2. The topological polar surface area (TPSA) is 67.4 Å². The third kappa shape index (κ3) is 6.41. The normalized spacial score (nSPS) is 11.0. The van der Waals surface area contributed by atoms with E-state index in [1.807, 2.05) is 24.3 Å². The van der Waals surface area contributed by atoms with Crippen molar-refractivity contribution in [3.8, 4) is 5.75 Å². The maximum Gasteiger partial charge on any atom is 0.262 e. The van der Waals surface area contributed by atoms with Crippen LogP contribution in [0.2, 0.25) is 0 Å². The molecule has 0 heterocycles. The second-order valence-corrected chi connectivity index (χ2v) is 7.77. The average molecular weight is 383 g/mol. The molecule has 0 atom stereocenters. The Morgan fingerprint density at radius 1 is 1.04 bits per heavy atom. The summed E-state index contributed by atoms with van der Waals surface area (Å²) < 4.78 is 5.75. The Labute approximate surface area is 167 Å². The van der Waals surface area contributed by atoms with Crippen molar-refractivity contribution in [3.05, 3.63) is 59.7 Å². The van der Waals surface area contributed by atoms with Crippen LogP contribution in [0.1, 0.15) is 56.5 Å². The lowest BCUT2D eigenvalue weighted by Crippen LogP contribution is -2.25. The highest BCUT2D eigenvalue weighted by molar-refractivity contribution is 5.97. The molecular weight excluding hydrogens is 352 g/mol. The van der Waals surface area contributed by atoms with Crippen LogP contribution in [0.25, 0.3) is 0 Å². The largest absolute Gasteiger partial charge is 0.483 e. The SMILES string of the molecule is CCCCNC(=O)c1cccc(NC(=O)COc2ccccc2C(C)(C)C)c1. The van der Waals surface area contributed by atoms with Crippen LogP contribution in [-0.4, -0.2) is 25.0 Å². The molecule has 2 amide bonds. The summed E-state index contributed by atoms with van der Waals surface area (Å²) in [6.45, 7) is 8.93. The Balaban J connectivity index is 1.95. The number of amides is 2. The van der Waals surface area contributed by atoms with E-state index in [9.17, 15) is 9.59 Å². The monoisotopic (exact) mass is 382 g/mol. The summed E-state index contributed by atoms with van der Waals surface area (Å²) >= 11 is 0. The van der Waals surface area contributed by atoms with Crippen molar-refractivity contribution in [1.29, 1.82) is 0 Å². The Bertz CT molecular complexity index is 809. The number of hydrogen-bond acceptors (Lipinski definition) is 3. The zero-order valence-corrected chi connectivity index (χ0v) is 17.2. The number of unbranched alkanes of at least 4 members (excludes halogenated alkanes) is 1. The molecule has 0 saturated heterocycles. The van der Waals surface area contributed by atoms with Crippen LogP contribution in [0.15, 0.2) is 48.5 Å². The standard InChI is InChI=1S/C23H30N2O3/c1-5-6-14-24-22(27)17-10-9-11-18(15-17)25-21(26)16-28-20-13-8-7-12-19(20)23(2,3)4/h7-13,15H,5-6,14,16H2,1-4H3,(H,24,27)(H,25,26). The highest BCUT2D eigenvalue weighted by Crippen LogP contribution is 2.30. The molecular formula is C23H30N2O3. The van der Waals surface area contributed by atoms with Gasteiger partial charge in [0.25, 0.3) is 11.8 Å². The van der Waals surface area contributed by atoms with Gasteiger partial charge in [-0.1, -0.05) is 58.4 Å². The van der Waals surface area contributed by atoms with Gasteiger partial charge in [-0.3, -0.25) is 9.59 Å². The molecule has 0 spiro atoms. The molecule has 2 rings (SSSR count). The molecule has 0 saturated carbocycles. The summed E-state index contributed by atoms with van der Waals surface area (Å²) in [4.78, 5) is 24.5. The highest BCUT2D eigenvalue weighted by atomic mass is 16.5. The quantitative estimate of drug-likeness (QED) is 0.659. The van der Waals surface area contributed by atoms with Gasteiger partial charge in [0.05, 0.1) is 0 Å². The van der Waals surface area contributed by atoms with Gasteiger partial charge in [0, 0.05) is 17.8 Å². The third-order valence-corrected chi connectivity index (χ3v) is 4.28. The summed E-state index contributed by atoms with van der Waals surface area (Å²) in [7, 11) is 0. The molecule has 2 N–H and O–H groups in total. The molecule has 28 heavy (non-hydrogen) atoms. The lowest BCUT2D eigenvalue weighted by Gasteiger charge is -2.22. The molecule has 0 radical (unpaired) electrons. The molecule has 5 heteroatoms. The first-order valence-corrected chi connectivity index (χ1v) is 9.71. The van der Waals surface area contributed by atoms with Crippen LogP contribution in [0, 0.1) is 0 Å². The Kier molecular flexibility index (Phi) is 7.61. The Hall–Kier alpha value is -2.82. The maximum atomic E-state index is 12.3. The summed E-state index contributed by atoms with van der Waals surface area (Å²) in [5.74, 6) is 0.293. The van der Waals surface area contributed by atoms with E-state index < -0.39 is 0 Å². The first-order valence-electron chi connectivity index (χ1n) is 9.71. The van der Waals surface area contributed by atoms with Gasteiger partial charge >= 0.3 is 0 Å². The minimum atomic E-state index is -0.271. The van der Waals surface area contributed by atoms with Gasteiger partial charge in [0.2, 0.25) is 0 Å². The smallest absolute Gasteiger partial charge is 0.262 e. The average Bonchev–Trinajstić information content (AvgIpc) is 2.66. The number of carbonyl (C=O) groups is 2.